The third kappa shape index (κ3) is 2.47. The zero-order valence-corrected chi connectivity index (χ0v) is 8.91. The summed E-state index contributed by atoms with van der Waals surface area (Å²) in [5.74, 6) is 0. The molecule has 2 unspecified atom stereocenters. The standard InChI is InChI=1S/C11H22N2O/c14-9-11-5-3-7-13(11)8-10-4-1-2-6-12-10/h10-12,14H,1-9H2. The fourth-order valence-corrected chi connectivity index (χ4v) is 2.71. The van der Waals surface area contributed by atoms with Crippen molar-refractivity contribution in [2.24, 2.45) is 0 Å². The molecule has 2 fully saturated rings. The molecule has 0 amide bonds. The van der Waals surface area contributed by atoms with Crippen molar-refractivity contribution in [1.82, 2.24) is 10.2 Å². The van der Waals surface area contributed by atoms with Gasteiger partial charge in [0.05, 0.1) is 6.61 Å². The molecular formula is C11H22N2O. The van der Waals surface area contributed by atoms with E-state index in [9.17, 15) is 5.11 Å². The highest BCUT2D eigenvalue weighted by molar-refractivity contribution is 4.83. The van der Waals surface area contributed by atoms with E-state index in [2.05, 4.69) is 10.2 Å². The van der Waals surface area contributed by atoms with Crippen LogP contribution < -0.4 is 5.32 Å². The van der Waals surface area contributed by atoms with Crippen molar-refractivity contribution in [3.05, 3.63) is 0 Å². The number of nitrogens with one attached hydrogen (secondary N) is 1. The Kier molecular flexibility index (Phi) is 3.79. The van der Waals surface area contributed by atoms with Crippen LogP contribution >= 0.6 is 0 Å². The van der Waals surface area contributed by atoms with Gasteiger partial charge in [0.1, 0.15) is 0 Å². The summed E-state index contributed by atoms with van der Waals surface area (Å²) in [6, 6.07) is 1.12. The summed E-state index contributed by atoms with van der Waals surface area (Å²) in [6.45, 7) is 3.85. The lowest BCUT2D eigenvalue weighted by atomic mass is 10.0. The van der Waals surface area contributed by atoms with Crippen LogP contribution in [0.2, 0.25) is 0 Å². The quantitative estimate of drug-likeness (QED) is 0.696. The Morgan fingerprint density at radius 2 is 2.14 bits per heavy atom. The van der Waals surface area contributed by atoms with E-state index in [1.165, 1.54) is 45.2 Å². The van der Waals surface area contributed by atoms with E-state index < -0.39 is 0 Å². The third-order valence-electron chi connectivity index (χ3n) is 3.58. The fraction of sp³-hybridized carbons (Fsp3) is 1.00. The molecule has 3 nitrogen and oxygen atoms in total. The molecular weight excluding hydrogens is 176 g/mol. The van der Waals surface area contributed by atoms with Crippen molar-refractivity contribution in [2.45, 2.75) is 44.2 Å². The Balaban J connectivity index is 1.77. The maximum absolute atomic E-state index is 9.20. The van der Waals surface area contributed by atoms with Gasteiger partial charge < -0.3 is 10.4 Å². The second-order valence-corrected chi connectivity index (χ2v) is 4.62. The molecule has 0 spiro atoms. The summed E-state index contributed by atoms with van der Waals surface area (Å²) in [6.07, 6.45) is 6.46. The number of hydrogen-bond acceptors (Lipinski definition) is 3. The molecule has 3 heteroatoms. The van der Waals surface area contributed by atoms with Gasteiger partial charge in [0.25, 0.3) is 0 Å². The molecule has 2 heterocycles. The molecule has 2 N–H and O–H groups in total. The number of hydrogen-bond donors (Lipinski definition) is 2. The lowest BCUT2D eigenvalue weighted by molar-refractivity contribution is 0.142. The van der Waals surface area contributed by atoms with Crippen molar-refractivity contribution in [2.75, 3.05) is 26.2 Å². The van der Waals surface area contributed by atoms with Crippen molar-refractivity contribution in [3.63, 3.8) is 0 Å². The minimum atomic E-state index is 0.340. The largest absolute Gasteiger partial charge is 0.395 e. The zero-order chi connectivity index (χ0) is 9.80. The van der Waals surface area contributed by atoms with Gasteiger partial charge in [-0.15, -0.1) is 0 Å². The molecule has 0 bridgehead atoms. The van der Waals surface area contributed by atoms with E-state index in [4.69, 9.17) is 0 Å². The molecule has 0 aromatic heterocycles. The van der Waals surface area contributed by atoms with Crippen LogP contribution in [0.1, 0.15) is 32.1 Å². The van der Waals surface area contributed by atoms with Crippen molar-refractivity contribution in [3.8, 4) is 0 Å². The first kappa shape index (κ1) is 10.4. The number of rotatable bonds is 3. The SMILES string of the molecule is OCC1CCCN1CC1CCCCN1. The summed E-state index contributed by atoms with van der Waals surface area (Å²) < 4.78 is 0. The summed E-state index contributed by atoms with van der Waals surface area (Å²) >= 11 is 0. The van der Waals surface area contributed by atoms with Crippen molar-refractivity contribution in [1.29, 1.82) is 0 Å². The number of likely N-dealkylation sites (tertiary alicyclic amines) is 1. The van der Waals surface area contributed by atoms with Crippen LogP contribution in [0.25, 0.3) is 0 Å². The molecule has 2 aliphatic rings. The highest BCUT2D eigenvalue weighted by Crippen LogP contribution is 2.18. The van der Waals surface area contributed by atoms with Crippen LogP contribution in [0, 0.1) is 0 Å². The minimum absolute atomic E-state index is 0.340. The third-order valence-corrected chi connectivity index (χ3v) is 3.58. The van der Waals surface area contributed by atoms with Gasteiger partial charge in [0, 0.05) is 18.6 Å². The average Bonchev–Trinajstić information content (AvgIpc) is 2.67. The van der Waals surface area contributed by atoms with Crippen molar-refractivity contribution < 1.29 is 5.11 Å². The Labute approximate surface area is 86.5 Å². The molecule has 0 aliphatic carbocycles. The van der Waals surface area contributed by atoms with Gasteiger partial charge in [-0.1, -0.05) is 6.42 Å². The smallest absolute Gasteiger partial charge is 0.0586 e. The summed E-state index contributed by atoms with van der Waals surface area (Å²) in [4.78, 5) is 2.46. The van der Waals surface area contributed by atoms with Gasteiger partial charge in [0.15, 0.2) is 0 Å². The molecule has 82 valence electrons. The fourth-order valence-electron chi connectivity index (χ4n) is 2.71. The maximum atomic E-state index is 9.20. The van der Waals surface area contributed by atoms with Gasteiger partial charge >= 0.3 is 0 Å². The first-order valence-corrected chi connectivity index (χ1v) is 5.98. The van der Waals surface area contributed by atoms with E-state index in [1.54, 1.807) is 0 Å². The van der Waals surface area contributed by atoms with Crippen LogP contribution in [-0.2, 0) is 0 Å². The predicted octanol–water partition coefficient (Wildman–Crippen LogP) is 0.585. The van der Waals surface area contributed by atoms with Crippen LogP contribution in [0.3, 0.4) is 0 Å². The molecule has 0 aromatic carbocycles. The number of nitrogens with zero attached hydrogens (tertiary/aromatic N) is 1. The molecule has 0 aromatic rings. The van der Waals surface area contributed by atoms with Gasteiger partial charge in [-0.3, -0.25) is 4.90 Å². The Hall–Kier alpha value is -0.120. The van der Waals surface area contributed by atoms with E-state index in [0.29, 0.717) is 18.7 Å². The van der Waals surface area contributed by atoms with E-state index in [0.717, 1.165) is 6.54 Å². The number of aliphatic hydroxyl groups excluding tert-OH is 1. The highest BCUT2D eigenvalue weighted by Gasteiger charge is 2.26. The molecule has 0 radical (unpaired) electrons. The second-order valence-electron chi connectivity index (χ2n) is 4.62. The molecule has 2 aliphatic heterocycles. The molecule has 2 rings (SSSR count). The normalized spacial score (nSPS) is 34.9. The van der Waals surface area contributed by atoms with Gasteiger partial charge in [-0.05, 0) is 38.8 Å². The summed E-state index contributed by atoms with van der Waals surface area (Å²) in [5, 5.41) is 12.8. The van der Waals surface area contributed by atoms with Gasteiger partial charge in [-0.25, -0.2) is 0 Å². The van der Waals surface area contributed by atoms with E-state index >= 15 is 0 Å². The maximum Gasteiger partial charge on any atom is 0.0586 e. The van der Waals surface area contributed by atoms with Crippen LogP contribution in [0.4, 0.5) is 0 Å². The van der Waals surface area contributed by atoms with E-state index in [1.807, 2.05) is 0 Å². The Morgan fingerprint density at radius 1 is 1.21 bits per heavy atom. The van der Waals surface area contributed by atoms with E-state index in [-0.39, 0.29) is 0 Å². The molecule has 0 saturated carbocycles. The Morgan fingerprint density at radius 3 is 2.86 bits per heavy atom. The minimum Gasteiger partial charge on any atom is -0.395 e. The zero-order valence-electron chi connectivity index (χ0n) is 8.91. The monoisotopic (exact) mass is 198 g/mol. The number of aliphatic hydroxyl groups is 1. The lowest BCUT2D eigenvalue weighted by Crippen LogP contribution is -2.45. The average molecular weight is 198 g/mol. The predicted molar refractivity (Wildman–Crippen MR) is 57.3 cm³/mol. The molecule has 14 heavy (non-hydrogen) atoms. The summed E-state index contributed by atoms with van der Waals surface area (Å²) in [7, 11) is 0. The van der Waals surface area contributed by atoms with Gasteiger partial charge in [0.2, 0.25) is 0 Å². The summed E-state index contributed by atoms with van der Waals surface area (Å²) in [5.41, 5.74) is 0. The van der Waals surface area contributed by atoms with Crippen LogP contribution in [0.15, 0.2) is 0 Å². The lowest BCUT2D eigenvalue weighted by Gasteiger charge is -2.30. The van der Waals surface area contributed by atoms with Gasteiger partial charge in [-0.2, -0.15) is 0 Å². The molecule has 2 saturated heterocycles. The van der Waals surface area contributed by atoms with Crippen molar-refractivity contribution >= 4 is 0 Å². The van der Waals surface area contributed by atoms with Crippen LogP contribution in [-0.4, -0.2) is 48.3 Å². The number of piperidine rings is 1. The first-order valence-electron chi connectivity index (χ1n) is 5.98. The highest BCUT2D eigenvalue weighted by atomic mass is 16.3. The topological polar surface area (TPSA) is 35.5 Å². The first-order chi connectivity index (χ1) is 6.90. The second kappa shape index (κ2) is 5.10. The van der Waals surface area contributed by atoms with Crippen LogP contribution in [0.5, 0.6) is 0 Å². The molecule has 2 atom stereocenters. The Bertz CT molecular complexity index is 169.